The number of carbonyl (C=O) groups excluding carboxylic acids is 2. The van der Waals surface area contributed by atoms with Gasteiger partial charge in [0.25, 0.3) is 5.56 Å². The normalized spacial score (nSPS) is 11.2. The maximum Gasteiger partial charge on any atom is 0.411 e. The monoisotopic (exact) mass is 467 g/mol. The summed E-state index contributed by atoms with van der Waals surface area (Å²) in [7, 11) is 2.82. The number of nitrogens with zero attached hydrogens (tertiary/aromatic N) is 2. The van der Waals surface area contributed by atoms with Crippen LogP contribution in [0.3, 0.4) is 0 Å². The van der Waals surface area contributed by atoms with Crippen molar-refractivity contribution >= 4 is 28.8 Å². The third-order valence-corrected chi connectivity index (χ3v) is 5.08. The molecule has 9 nitrogen and oxygen atoms in total. The molecule has 34 heavy (non-hydrogen) atoms. The van der Waals surface area contributed by atoms with Crippen LogP contribution in [-0.2, 0) is 21.3 Å². The number of benzene rings is 1. The Morgan fingerprint density at radius 2 is 1.88 bits per heavy atom. The Labute approximate surface area is 197 Å². The van der Waals surface area contributed by atoms with E-state index >= 15 is 0 Å². The Morgan fingerprint density at radius 1 is 1.12 bits per heavy atom. The van der Waals surface area contributed by atoms with Crippen molar-refractivity contribution in [3.63, 3.8) is 0 Å². The molecule has 180 valence electrons. The molecule has 0 atom stereocenters. The number of ether oxygens (including phenoxy) is 3. The van der Waals surface area contributed by atoms with Gasteiger partial charge in [-0.1, -0.05) is 12.1 Å². The van der Waals surface area contributed by atoms with Gasteiger partial charge in [-0.3, -0.25) is 19.5 Å². The fourth-order valence-electron chi connectivity index (χ4n) is 3.31. The fraction of sp³-hybridized carbons (Fsp3) is 0.360. The maximum atomic E-state index is 13.1. The lowest BCUT2D eigenvalue weighted by Crippen LogP contribution is -2.26. The van der Waals surface area contributed by atoms with E-state index in [-0.39, 0.29) is 18.3 Å². The number of carbonyl (C=O) groups is 2. The Kier molecular flexibility index (Phi) is 7.55. The van der Waals surface area contributed by atoms with E-state index in [0.29, 0.717) is 40.9 Å². The van der Waals surface area contributed by atoms with Gasteiger partial charge in [0.1, 0.15) is 17.1 Å². The SMILES string of the molecule is COC(=O)Nc1c(-c2cccc(OCCCOC(=O)C(C)(C)C)c2)c2cccnc2n(C)c1=O. The van der Waals surface area contributed by atoms with Crippen LogP contribution in [-0.4, -0.2) is 41.9 Å². The summed E-state index contributed by atoms with van der Waals surface area (Å²) in [5, 5.41) is 3.23. The van der Waals surface area contributed by atoms with Crippen LogP contribution >= 0.6 is 0 Å². The Morgan fingerprint density at radius 3 is 2.59 bits per heavy atom. The summed E-state index contributed by atoms with van der Waals surface area (Å²) in [6.07, 6.45) is 1.38. The van der Waals surface area contributed by atoms with Crippen LogP contribution in [0.1, 0.15) is 27.2 Å². The minimum atomic E-state index is -0.751. The van der Waals surface area contributed by atoms with Crippen molar-refractivity contribution < 1.29 is 23.8 Å². The Hall–Kier alpha value is -3.88. The predicted molar refractivity (Wildman–Crippen MR) is 129 cm³/mol. The molecular formula is C25H29N3O6. The van der Waals surface area contributed by atoms with Crippen LogP contribution in [0.15, 0.2) is 47.4 Å². The highest BCUT2D eigenvalue weighted by Crippen LogP contribution is 2.34. The van der Waals surface area contributed by atoms with Gasteiger partial charge in [0.2, 0.25) is 0 Å². The average Bonchev–Trinajstić information content (AvgIpc) is 2.81. The number of rotatable bonds is 7. The molecule has 1 amide bonds. The topological polar surface area (TPSA) is 109 Å². The number of pyridine rings is 2. The van der Waals surface area contributed by atoms with Crippen molar-refractivity contribution in [1.82, 2.24) is 9.55 Å². The summed E-state index contributed by atoms with van der Waals surface area (Å²) >= 11 is 0. The largest absolute Gasteiger partial charge is 0.493 e. The predicted octanol–water partition coefficient (Wildman–Crippen LogP) is 4.14. The first kappa shape index (κ1) is 24.8. The van der Waals surface area contributed by atoms with Gasteiger partial charge in [0.05, 0.1) is 25.7 Å². The quantitative estimate of drug-likeness (QED) is 0.411. The molecule has 0 unspecified atom stereocenters. The summed E-state index contributed by atoms with van der Waals surface area (Å²) < 4.78 is 17.2. The molecule has 0 aliphatic heterocycles. The maximum absolute atomic E-state index is 13.1. The first-order valence-electron chi connectivity index (χ1n) is 10.9. The number of hydrogen-bond donors (Lipinski definition) is 1. The molecule has 3 rings (SSSR count). The van der Waals surface area contributed by atoms with Crippen LogP contribution in [0.25, 0.3) is 22.2 Å². The van der Waals surface area contributed by atoms with E-state index in [1.54, 1.807) is 58.3 Å². The van der Waals surface area contributed by atoms with Crippen LogP contribution in [0.4, 0.5) is 10.5 Å². The second-order valence-corrected chi connectivity index (χ2v) is 8.72. The minimum absolute atomic E-state index is 0.0843. The van der Waals surface area contributed by atoms with Crippen LogP contribution in [0, 0.1) is 5.41 Å². The first-order valence-corrected chi connectivity index (χ1v) is 10.9. The Balaban J connectivity index is 1.89. The lowest BCUT2D eigenvalue weighted by Gasteiger charge is -2.17. The van der Waals surface area contributed by atoms with Crippen LogP contribution < -0.4 is 15.6 Å². The van der Waals surface area contributed by atoms with Gasteiger partial charge in [0.15, 0.2) is 0 Å². The molecular weight excluding hydrogens is 438 g/mol. The zero-order valence-electron chi connectivity index (χ0n) is 20.0. The van der Waals surface area contributed by atoms with Gasteiger partial charge >= 0.3 is 12.1 Å². The summed E-state index contributed by atoms with van der Waals surface area (Å²) in [6.45, 7) is 6.01. The van der Waals surface area contributed by atoms with E-state index in [9.17, 15) is 14.4 Å². The second kappa shape index (κ2) is 10.4. The minimum Gasteiger partial charge on any atom is -0.493 e. The molecule has 0 saturated carbocycles. The van der Waals surface area contributed by atoms with E-state index in [1.165, 1.54) is 11.7 Å². The molecule has 1 N–H and O–H groups in total. The lowest BCUT2D eigenvalue weighted by atomic mass is 9.97. The van der Waals surface area contributed by atoms with Crippen molar-refractivity contribution in [3.8, 4) is 16.9 Å². The van der Waals surface area contributed by atoms with E-state index in [0.717, 1.165) is 0 Å². The molecule has 3 aromatic rings. The van der Waals surface area contributed by atoms with Gasteiger partial charge < -0.3 is 14.2 Å². The molecule has 9 heteroatoms. The number of aryl methyl sites for hydroxylation is 1. The number of anilines is 1. The highest BCUT2D eigenvalue weighted by molar-refractivity contribution is 6.03. The average molecular weight is 468 g/mol. The smallest absolute Gasteiger partial charge is 0.411 e. The molecule has 0 spiro atoms. The molecule has 0 aliphatic carbocycles. The number of aromatic nitrogens is 2. The van der Waals surface area contributed by atoms with E-state index < -0.39 is 17.1 Å². The van der Waals surface area contributed by atoms with Crippen LogP contribution in [0.5, 0.6) is 5.75 Å². The van der Waals surface area contributed by atoms with Crippen molar-refractivity contribution in [1.29, 1.82) is 0 Å². The number of fused-ring (bicyclic) bond motifs is 1. The third kappa shape index (κ3) is 5.54. The van der Waals surface area contributed by atoms with E-state index in [4.69, 9.17) is 14.2 Å². The molecule has 0 fully saturated rings. The molecule has 0 bridgehead atoms. The van der Waals surface area contributed by atoms with E-state index in [1.807, 2.05) is 12.1 Å². The standard InChI is InChI=1S/C25H29N3O6/c1-25(2,3)23(30)34-14-8-13-33-17-10-6-9-16(15-17)19-18-11-7-12-26-21(18)28(4)22(29)20(19)27-24(31)32-5/h6-7,9-12,15H,8,13-14H2,1-5H3,(H,27,31). The summed E-state index contributed by atoms with van der Waals surface area (Å²) in [5.41, 5.74) is 0.777. The van der Waals surface area contributed by atoms with Crippen LogP contribution in [0.2, 0.25) is 0 Å². The van der Waals surface area contributed by atoms with Gasteiger partial charge in [-0.2, -0.15) is 0 Å². The third-order valence-electron chi connectivity index (χ3n) is 5.08. The molecule has 1 aromatic carbocycles. The number of methoxy groups -OCH3 is 1. The molecule has 0 saturated heterocycles. The van der Waals surface area contributed by atoms with Gasteiger partial charge in [-0.25, -0.2) is 9.78 Å². The van der Waals surface area contributed by atoms with Crippen molar-refractivity contribution in [3.05, 3.63) is 52.9 Å². The first-order chi connectivity index (χ1) is 16.1. The molecule has 2 aromatic heterocycles. The number of amides is 1. The lowest BCUT2D eigenvalue weighted by molar-refractivity contribution is -0.153. The number of esters is 1. The zero-order valence-corrected chi connectivity index (χ0v) is 20.0. The number of hydrogen-bond acceptors (Lipinski definition) is 7. The molecule has 2 heterocycles. The van der Waals surface area contributed by atoms with Gasteiger partial charge in [0, 0.05) is 30.6 Å². The highest BCUT2D eigenvalue weighted by Gasteiger charge is 2.23. The van der Waals surface area contributed by atoms with Gasteiger partial charge in [-0.05, 0) is 50.6 Å². The van der Waals surface area contributed by atoms with E-state index in [2.05, 4.69) is 10.3 Å². The summed E-state index contributed by atoms with van der Waals surface area (Å²) in [5.74, 6) is 0.313. The highest BCUT2D eigenvalue weighted by atomic mass is 16.5. The van der Waals surface area contributed by atoms with Crippen molar-refractivity contribution in [2.24, 2.45) is 12.5 Å². The van der Waals surface area contributed by atoms with Crippen molar-refractivity contribution in [2.75, 3.05) is 25.6 Å². The molecule has 0 radical (unpaired) electrons. The number of nitrogens with one attached hydrogen (secondary N) is 1. The van der Waals surface area contributed by atoms with Crippen molar-refractivity contribution in [2.45, 2.75) is 27.2 Å². The second-order valence-electron chi connectivity index (χ2n) is 8.72. The zero-order chi connectivity index (χ0) is 24.9. The summed E-state index contributed by atoms with van der Waals surface area (Å²) in [6, 6.07) is 10.8. The summed E-state index contributed by atoms with van der Waals surface area (Å²) in [4.78, 5) is 41.2. The Bertz CT molecular complexity index is 1260. The molecule has 0 aliphatic rings. The fourth-order valence-corrected chi connectivity index (χ4v) is 3.31. The van der Waals surface area contributed by atoms with Gasteiger partial charge in [-0.15, -0.1) is 0 Å².